The van der Waals surface area contributed by atoms with Gasteiger partial charge in [0.05, 0.1) is 23.0 Å². The van der Waals surface area contributed by atoms with Gasteiger partial charge in [-0.05, 0) is 42.6 Å². The summed E-state index contributed by atoms with van der Waals surface area (Å²) in [5.74, 6) is -2.26. The first-order chi connectivity index (χ1) is 15.4. The van der Waals surface area contributed by atoms with Gasteiger partial charge in [-0.3, -0.25) is 14.4 Å². The molecule has 2 spiro atoms. The first-order valence-electron chi connectivity index (χ1n) is 11.9. The largest absolute Gasteiger partial charge is 0.462 e. The van der Waals surface area contributed by atoms with Crippen molar-refractivity contribution in [1.29, 1.82) is 0 Å². The Hall–Kier alpha value is -1.77. The number of methoxy groups -OCH3 is 1. The molecule has 33 heavy (non-hydrogen) atoms. The summed E-state index contributed by atoms with van der Waals surface area (Å²) in [6.07, 6.45) is -1.45. The van der Waals surface area contributed by atoms with E-state index in [2.05, 4.69) is 20.4 Å². The number of hydrogen-bond donors (Lipinski definition) is 1. The topological polar surface area (TPSA) is 108 Å². The second-order valence-corrected chi connectivity index (χ2v) is 11.3. The molecular weight excluding hydrogens is 428 g/mol. The van der Waals surface area contributed by atoms with Gasteiger partial charge in [0.15, 0.2) is 12.1 Å². The molecule has 6 fully saturated rings. The van der Waals surface area contributed by atoms with Crippen molar-refractivity contribution in [3.63, 3.8) is 0 Å². The Morgan fingerprint density at radius 1 is 1.15 bits per heavy atom. The van der Waals surface area contributed by atoms with Gasteiger partial charge in [-0.25, -0.2) is 0 Å². The fourth-order valence-electron chi connectivity index (χ4n) is 8.69. The van der Waals surface area contributed by atoms with E-state index < -0.39 is 65.3 Å². The van der Waals surface area contributed by atoms with E-state index in [1.165, 1.54) is 13.8 Å². The maximum Gasteiger partial charge on any atom is 0.302 e. The van der Waals surface area contributed by atoms with Gasteiger partial charge in [0.25, 0.3) is 0 Å². The predicted octanol–water partition coefficient (Wildman–Crippen LogP) is 2.17. The highest BCUT2D eigenvalue weighted by molar-refractivity contribution is 6.05. The first-order valence-corrected chi connectivity index (χ1v) is 11.9. The van der Waals surface area contributed by atoms with Gasteiger partial charge in [0, 0.05) is 32.8 Å². The van der Waals surface area contributed by atoms with Crippen molar-refractivity contribution >= 4 is 17.7 Å². The van der Waals surface area contributed by atoms with Crippen LogP contribution in [0.5, 0.6) is 0 Å². The van der Waals surface area contributed by atoms with Crippen LogP contribution < -0.4 is 0 Å². The number of fused-ring (bicyclic) bond motifs is 2. The van der Waals surface area contributed by atoms with Crippen molar-refractivity contribution in [2.45, 2.75) is 84.1 Å². The number of carbonyl (C=O) groups is 3. The molecule has 0 aromatic carbocycles. The molecule has 10 atom stereocenters. The first kappa shape index (κ1) is 23.0. The van der Waals surface area contributed by atoms with Gasteiger partial charge in [-0.15, -0.1) is 0 Å². The summed E-state index contributed by atoms with van der Waals surface area (Å²) in [6, 6.07) is 0. The summed E-state index contributed by atoms with van der Waals surface area (Å²) in [7, 11) is 1.55. The monoisotopic (exact) mass is 462 g/mol. The minimum absolute atomic E-state index is 0.0362. The van der Waals surface area contributed by atoms with Crippen molar-refractivity contribution < 1.29 is 38.4 Å². The number of aliphatic hydroxyl groups excluding tert-OH is 1. The number of rotatable bonds is 3. The zero-order chi connectivity index (χ0) is 24.1. The lowest BCUT2D eigenvalue weighted by Crippen LogP contribution is -2.81. The van der Waals surface area contributed by atoms with E-state index >= 15 is 0 Å². The van der Waals surface area contributed by atoms with E-state index in [1.54, 1.807) is 7.11 Å². The Balaban J connectivity index is 1.80. The molecule has 4 bridgehead atoms. The van der Waals surface area contributed by atoms with Gasteiger partial charge in [0.1, 0.15) is 12.2 Å². The zero-order valence-electron chi connectivity index (χ0n) is 20.0. The molecule has 8 nitrogen and oxygen atoms in total. The lowest BCUT2D eigenvalue weighted by atomic mass is 9.36. The standard InChI is InChI=1S/C25H34O8/c1-11-14-9-15(31-12(2)26)19-24-16(23(4,5)8-7-17(24)32-13(3)27)10-18(33-22(24)30-6)25(19,20(11)28)21(14)29/h14-19,21-22,29H,1,7-10H2,2-6H3. The van der Waals surface area contributed by atoms with E-state index in [0.29, 0.717) is 24.8 Å². The third-order valence-corrected chi connectivity index (χ3v) is 9.59. The minimum Gasteiger partial charge on any atom is -0.462 e. The summed E-state index contributed by atoms with van der Waals surface area (Å²) in [5.41, 5.74) is -2.08. The fraction of sp³-hybridized carbons (Fsp3) is 0.800. The van der Waals surface area contributed by atoms with Crippen molar-refractivity contribution in [1.82, 2.24) is 0 Å². The van der Waals surface area contributed by atoms with Crippen LogP contribution in [0.2, 0.25) is 0 Å². The molecule has 4 saturated carbocycles. The summed E-state index contributed by atoms with van der Waals surface area (Å²) in [6.45, 7) is 11.1. The number of carbonyl (C=O) groups excluding carboxylic acids is 3. The Bertz CT molecular complexity index is 925. The third kappa shape index (κ3) is 2.60. The number of aliphatic hydroxyl groups is 1. The molecule has 0 aromatic heterocycles. The average molecular weight is 463 g/mol. The van der Waals surface area contributed by atoms with E-state index in [9.17, 15) is 19.5 Å². The molecule has 0 aromatic rings. The van der Waals surface area contributed by atoms with Crippen molar-refractivity contribution in [2.75, 3.05) is 7.11 Å². The molecule has 10 unspecified atom stereocenters. The van der Waals surface area contributed by atoms with Crippen LogP contribution in [0, 0.1) is 34.0 Å². The van der Waals surface area contributed by atoms with Crippen LogP contribution >= 0.6 is 0 Å². The zero-order valence-corrected chi connectivity index (χ0v) is 20.0. The quantitative estimate of drug-likeness (QED) is 0.502. The summed E-state index contributed by atoms with van der Waals surface area (Å²) in [5, 5.41) is 11.6. The lowest BCUT2D eigenvalue weighted by Gasteiger charge is -2.73. The number of Topliss-reactive ketones (excluding diaryl/α,β-unsaturated/α-hetero) is 1. The van der Waals surface area contributed by atoms with Crippen LogP contribution in [0.4, 0.5) is 0 Å². The van der Waals surface area contributed by atoms with Crippen LogP contribution in [0.3, 0.4) is 0 Å². The van der Waals surface area contributed by atoms with E-state index in [4.69, 9.17) is 18.9 Å². The highest BCUT2D eigenvalue weighted by Gasteiger charge is 2.84. The van der Waals surface area contributed by atoms with E-state index in [1.807, 2.05) is 0 Å². The van der Waals surface area contributed by atoms with Gasteiger partial charge in [-0.1, -0.05) is 20.4 Å². The van der Waals surface area contributed by atoms with Crippen LogP contribution in [0.25, 0.3) is 0 Å². The highest BCUT2D eigenvalue weighted by Crippen LogP contribution is 2.76. The third-order valence-electron chi connectivity index (χ3n) is 9.59. The molecule has 6 aliphatic rings. The molecule has 6 rings (SSSR count). The Morgan fingerprint density at radius 2 is 1.82 bits per heavy atom. The van der Waals surface area contributed by atoms with Crippen LogP contribution in [-0.2, 0) is 33.3 Å². The number of esters is 2. The SMILES string of the molecule is C=C1C(=O)C23C4CC5C(C)(C)CCC(OC(C)=O)C5(C(OC)O4)C2C(OC(C)=O)CC1C3O. The molecule has 8 heteroatoms. The second-order valence-electron chi connectivity index (χ2n) is 11.3. The number of ketones is 1. The van der Waals surface area contributed by atoms with Crippen molar-refractivity contribution in [3.8, 4) is 0 Å². The molecule has 4 aliphatic carbocycles. The predicted molar refractivity (Wildman–Crippen MR) is 115 cm³/mol. The minimum atomic E-state index is -1.31. The summed E-state index contributed by atoms with van der Waals surface area (Å²) in [4.78, 5) is 38.4. The van der Waals surface area contributed by atoms with Gasteiger partial charge >= 0.3 is 11.9 Å². The molecule has 182 valence electrons. The van der Waals surface area contributed by atoms with Crippen LogP contribution in [0.1, 0.15) is 53.4 Å². The maximum absolute atomic E-state index is 13.9. The van der Waals surface area contributed by atoms with E-state index in [0.717, 1.165) is 6.42 Å². The molecule has 0 radical (unpaired) electrons. The van der Waals surface area contributed by atoms with E-state index in [-0.39, 0.29) is 17.1 Å². The Kier molecular flexibility index (Phi) is 4.96. The molecule has 2 aliphatic heterocycles. The molecule has 0 amide bonds. The van der Waals surface area contributed by atoms with Gasteiger partial charge in [0.2, 0.25) is 0 Å². The number of hydrogen-bond acceptors (Lipinski definition) is 8. The normalized spacial score (nSPS) is 49.3. The van der Waals surface area contributed by atoms with Crippen LogP contribution in [0.15, 0.2) is 12.2 Å². The van der Waals surface area contributed by atoms with Crippen molar-refractivity contribution in [3.05, 3.63) is 12.2 Å². The summed E-state index contributed by atoms with van der Waals surface area (Å²) >= 11 is 0. The highest BCUT2D eigenvalue weighted by atomic mass is 16.7. The number of ether oxygens (including phenoxy) is 4. The fourth-order valence-corrected chi connectivity index (χ4v) is 8.69. The molecule has 1 N–H and O–H groups in total. The average Bonchev–Trinajstić information content (AvgIpc) is 2.85. The smallest absolute Gasteiger partial charge is 0.302 e. The summed E-state index contributed by atoms with van der Waals surface area (Å²) < 4.78 is 24.2. The van der Waals surface area contributed by atoms with Gasteiger partial charge < -0.3 is 24.1 Å². The molecule has 2 saturated heterocycles. The Morgan fingerprint density at radius 3 is 2.42 bits per heavy atom. The molecule has 2 heterocycles. The molecular formula is C25H34O8. The van der Waals surface area contributed by atoms with Gasteiger partial charge in [-0.2, -0.15) is 0 Å². The second kappa shape index (κ2) is 7.12. The Labute approximate surface area is 194 Å². The van der Waals surface area contributed by atoms with Crippen molar-refractivity contribution in [2.24, 2.45) is 34.0 Å². The van der Waals surface area contributed by atoms with Crippen LogP contribution in [-0.4, -0.2) is 60.6 Å². The lowest BCUT2D eigenvalue weighted by molar-refractivity contribution is -0.415. The maximum atomic E-state index is 13.9.